The highest BCUT2D eigenvalue weighted by Crippen LogP contribution is 2.29. The summed E-state index contributed by atoms with van der Waals surface area (Å²) in [5.74, 6) is -1.83. The van der Waals surface area contributed by atoms with Crippen molar-refractivity contribution < 1.29 is 31.2 Å². The summed E-state index contributed by atoms with van der Waals surface area (Å²) < 4.78 is 63.9. The van der Waals surface area contributed by atoms with Gasteiger partial charge in [-0.1, -0.05) is 24.3 Å². The summed E-state index contributed by atoms with van der Waals surface area (Å²) >= 11 is 0. The van der Waals surface area contributed by atoms with Crippen LogP contribution in [0.1, 0.15) is 35.2 Å². The van der Waals surface area contributed by atoms with Gasteiger partial charge < -0.3 is 16.4 Å². The van der Waals surface area contributed by atoms with Gasteiger partial charge >= 0.3 is 6.18 Å². The number of carbonyl (C=O) groups excluding carboxylic acids is 2. The van der Waals surface area contributed by atoms with Crippen LogP contribution in [-0.2, 0) is 20.8 Å². The predicted molar refractivity (Wildman–Crippen MR) is 120 cm³/mol. The van der Waals surface area contributed by atoms with Crippen LogP contribution >= 0.6 is 0 Å². The van der Waals surface area contributed by atoms with Gasteiger partial charge in [0.1, 0.15) is 0 Å². The Kier molecular flexibility index (Phi) is 7.98. The van der Waals surface area contributed by atoms with Crippen molar-refractivity contribution in [2.75, 3.05) is 12.3 Å². The van der Waals surface area contributed by atoms with Crippen LogP contribution in [0.2, 0.25) is 0 Å². The third kappa shape index (κ3) is 6.80. The van der Waals surface area contributed by atoms with E-state index in [0.717, 1.165) is 12.1 Å². The van der Waals surface area contributed by atoms with E-state index < -0.39 is 39.9 Å². The number of nitrogens with one attached hydrogen (secondary N) is 2. The summed E-state index contributed by atoms with van der Waals surface area (Å²) in [6, 6.07) is 11.3. The number of alkyl halides is 3. The van der Waals surface area contributed by atoms with Crippen LogP contribution in [0.5, 0.6) is 0 Å². The average molecular weight is 498 g/mol. The molecule has 11 heteroatoms. The van der Waals surface area contributed by atoms with Crippen LogP contribution in [0.3, 0.4) is 0 Å². The quantitative estimate of drug-likeness (QED) is 0.543. The molecule has 0 radical (unpaired) electrons. The predicted octanol–water partition coefficient (Wildman–Crippen LogP) is 2.52. The molecule has 184 valence electrons. The van der Waals surface area contributed by atoms with Crippen molar-refractivity contribution in [3.63, 3.8) is 0 Å². The summed E-state index contributed by atoms with van der Waals surface area (Å²) in [7, 11) is -3.54. The first-order valence-corrected chi connectivity index (χ1v) is 12.4. The second-order valence-corrected chi connectivity index (χ2v) is 10.4. The molecule has 0 bridgehead atoms. The normalized spacial score (nSPS) is 21.0. The Morgan fingerprint density at radius 2 is 1.74 bits per heavy atom. The molecule has 3 rings (SSSR count). The molecule has 1 aliphatic rings. The third-order valence-corrected chi connectivity index (χ3v) is 7.66. The molecule has 4 N–H and O–H groups in total. The number of hydrogen-bond acceptors (Lipinski definition) is 5. The zero-order valence-electron chi connectivity index (χ0n) is 18.2. The first-order chi connectivity index (χ1) is 16.0. The standard InChI is InChI=1S/C23H26F3N3O4S/c24-23(25,26)17-6-4-5-15(11-17)22(31)28-13-21(30)29-18-9-10-20(27)16(12-18)14-34(32,33)19-7-2-1-3-8-19/h1-8,11,16,18,20H,9-10,12-14,27H2,(H,28,31)(H,29,30). The van der Waals surface area contributed by atoms with E-state index >= 15 is 0 Å². The van der Waals surface area contributed by atoms with Gasteiger partial charge in [-0.25, -0.2) is 8.42 Å². The number of benzene rings is 2. The maximum Gasteiger partial charge on any atom is 0.416 e. The van der Waals surface area contributed by atoms with Crippen molar-refractivity contribution >= 4 is 21.7 Å². The van der Waals surface area contributed by atoms with E-state index in [1.165, 1.54) is 18.2 Å². The van der Waals surface area contributed by atoms with E-state index in [1.807, 2.05) is 0 Å². The average Bonchev–Trinajstić information content (AvgIpc) is 2.79. The number of hydrogen-bond donors (Lipinski definition) is 3. The Morgan fingerprint density at radius 1 is 1.03 bits per heavy atom. The lowest BCUT2D eigenvalue weighted by molar-refractivity contribution is -0.137. The lowest BCUT2D eigenvalue weighted by Crippen LogP contribution is -2.49. The Hall–Kier alpha value is -2.92. The molecule has 0 spiro atoms. The molecular weight excluding hydrogens is 471 g/mol. The molecule has 0 aliphatic heterocycles. The number of rotatable bonds is 7. The molecule has 1 aliphatic carbocycles. The lowest BCUT2D eigenvalue weighted by atomic mass is 9.83. The molecule has 0 saturated heterocycles. The molecule has 2 aromatic carbocycles. The molecule has 2 amide bonds. The SMILES string of the molecule is NC1CCC(NC(=O)CNC(=O)c2cccc(C(F)(F)F)c2)CC1CS(=O)(=O)c1ccccc1. The molecule has 0 aromatic heterocycles. The minimum atomic E-state index is -4.58. The fourth-order valence-corrected chi connectivity index (χ4v) is 5.71. The van der Waals surface area contributed by atoms with Gasteiger partial charge in [-0.2, -0.15) is 13.2 Å². The number of halogens is 3. The Balaban J connectivity index is 1.53. The van der Waals surface area contributed by atoms with Crippen LogP contribution in [0.15, 0.2) is 59.5 Å². The van der Waals surface area contributed by atoms with Gasteiger partial charge in [-0.05, 0) is 55.5 Å². The van der Waals surface area contributed by atoms with Crippen LogP contribution in [0.4, 0.5) is 13.2 Å². The number of carbonyl (C=O) groups is 2. The van der Waals surface area contributed by atoms with Crippen LogP contribution in [0, 0.1) is 5.92 Å². The first kappa shape index (κ1) is 25.7. The van der Waals surface area contributed by atoms with Gasteiger partial charge in [-0.15, -0.1) is 0 Å². The Bertz CT molecular complexity index is 1120. The van der Waals surface area contributed by atoms with Crippen LogP contribution in [0.25, 0.3) is 0 Å². The monoisotopic (exact) mass is 497 g/mol. The molecule has 1 saturated carbocycles. The first-order valence-electron chi connectivity index (χ1n) is 10.7. The summed E-state index contributed by atoms with van der Waals surface area (Å²) in [4.78, 5) is 24.7. The summed E-state index contributed by atoms with van der Waals surface area (Å²) in [5, 5.41) is 5.06. The zero-order valence-corrected chi connectivity index (χ0v) is 19.0. The minimum absolute atomic E-state index is 0.142. The number of nitrogens with two attached hydrogens (primary N) is 1. The highest BCUT2D eigenvalue weighted by molar-refractivity contribution is 7.91. The van der Waals surface area contributed by atoms with Gasteiger partial charge in [0.2, 0.25) is 5.91 Å². The summed E-state index contributed by atoms with van der Waals surface area (Å²) in [5.41, 5.74) is 4.98. The second-order valence-electron chi connectivity index (χ2n) is 8.36. The molecule has 1 fully saturated rings. The second kappa shape index (κ2) is 10.6. The van der Waals surface area contributed by atoms with Crippen molar-refractivity contribution in [2.24, 2.45) is 11.7 Å². The van der Waals surface area contributed by atoms with Crippen molar-refractivity contribution in [2.45, 2.75) is 42.4 Å². The molecule has 34 heavy (non-hydrogen) atoms. The smallest absolute Gasteiger partial charge is 0.352 e. The Labute approximate surface area is 195 Å². The molecular formula is C23H26F3N3O4S. The van der Waals surface area contributed by atoms with E-state index in [0.29, 0.717) is 25.3 Å². The topological polar surface area (TPSA) is 118 Å². The largest absolute Gasteiger partial charge is 0.416 e. The summed E-state index contributed by atoms with van der Waals surface area (Å²) in [6.07, 6.45) is -3.15. The fraction of sp³-hybridized carbons (Fsp3) is 0.391. The molecule has 3 atom stereocenters. The Morgan fingerprint density at radius 3 is 2.41 bits per heavy atom. The van der Waals surface area contributed by atoms with E-state index in [9.17, 15) is 31.2 Å². The lowest BCUT2D eigenvalue weighted by Gasteiger charge is -2.34. The van der Waals surface area contributed by atoms with Crippen molar-refractivity contribution in [3.05, 3.63) is 65.7 Å². The van der Waals surface area contributed by atoms with Crippen molar-refractivity contribution in [1.82, 2.24) is 10.6 Å². The van der Waals surface area contributed by atoms with Gasteiger partial charge in [0, 0.05) is 17.6 Å². The zero-order chi connectivity index (χ0) is 24.9. The van der Waals surface area contributed by atoms with Gasteiger partial charge in [0.05, 0.1) is 22.8 Å². The number of sulfone groups is 1. The van der Waals surface area contributed by atoms with E-state index in [-0.39, 0.29) is 34.2 Å². The molecule has 2 aromatic rings. The van der Waals surface area contributed by atoms with Gasteiger partial charge in [0.25, 0.3) is 5.91 Å². The summed E-state index contributed by atoms with van der Waals surface area (Å²) in [6.45, 7) is -0.426. The maximum absolute atomic E-state index is 12.8. The molecule has 3 unspecified atom stereocenters. The molecule has 0 heterocycles. The minimum Gasteiger partial charge on any atom is -0.352 e. The highest BCUT2D eigenvalue weighted by atomic mass is 32.2. The van der Waals surface area contributed by atoms with Crippen molar-refractivity contribution in [3.8, 4) is 0 Å². The fourth-order valence-electron chi connectivity index (χ4n) is 3.99. The van der Waals surface area contributed by atoms with Gasteiger partial charge in [-0.3, -0.25) is 9.59 Å². The maximum atomic E-state index is 12.8. The van der Waals surface area contributed by atoms with Gasteiger partial charge in [0.15, 0.2) is 9.84 Å². The van der Waals surface area contributed by atoms with Crippen LogP contribution < -0.4 is 16.4 Å². The van der Waals surface area contributed by atoms with E-state index in [1.54, 1.807) is 18.2 Å². The van der Waals surface area contributed by atoms with Crippen LogP contribution in [-0.4, -0.2) is 44.6 Å². The third-order valence-electron chi connectivity index (χ3n) is 5.80. The van der Waals surface area contributed by atoms with E-state index in [2.05, 4.69) is 10.6 Å². The highest BCUT2D eigenvalue weighted by Gasteiger charge is 2.33. The van der Waals surface area contributed by atoms with E-state index in [4.69, 9.17) is 5.73 Å². The van der Waals surface area contributed by atoms with Crippen molar-refractivity contribution in [1.29, 1.82) is 0 Å². The molecule has 7 nitrogen and oxygen atoms in total. The number of amides is 2.